The van der Waals surface area contributed by atoms with Crippen molar-refractivity contribution in [2.24, 2.45) is 5.73 Å². The van der Waals surface area contributed by atoms with E-state index in [4.69, 9.17) is 21.2 Å². The van der Waals surface area contributed by atoms with Crippen LogP contribution in [0.2, 0.25) is 0 Å². The molecule has 1 aliphatic heterocycles. The summed E-state index contributed by atoms with van der Waals surface area (Å²) < 4.78 is 5.90. The Bertz CT molecular complexity index is 1360. The minimum atomic E-state index is -0.596. The number of aromatic nitrogens is 2. The van der Waals surface area contributed by atoms with Crippen LogP contribution in [0.15, 0.2) is 54.6 Å². The lowest BCUT2D eigenvalue weighted by Crippen LogP contribution is -2.35. The lowest BCUT2D eigenvalue weighted by atomic mass is 10.1. The molecule has 8 nitrogen and oxygen atoms in total. The first-order chi connectivity index (χ1) is 16.5. The molecule has 9 heteroatoms. The van der Waals surface area contributed by atoms with Crippen molar-refractivity contribution >= 4 is 44.9 Å². The summed E-state index contributed by atoms with van der Waals surface area (Å²) in [7, 11) is 0. The van der Waals surface area contributed by atoms with Gasteiger partial charge in [0, 0.05) is 31.5 Å². The van der Waals surface area contributed by atoms with Crippen LogP contribution in [-0.4, -0.2) is 34.7 Å². The second-order valence-corrected chi connectivity index (χ2v) is 9.08. The number of carbonyl (C=O) groups is 2. The van der Waals surface area contributed by atoms with Crippen LogP contribution < -0.4 is 21.1 Å². The molecule has 2 aromatic carbocycles. The Hall–Kier alpha value is -3.98. The third-order valence-electron chi connectivity index (χ3n) is 5.78. The molecule has 0 saturated carbocycles. The number of hydrogen-bond donors (Lipinski definition) is 2. The zero-order valence-electron chi connectivity index (χ0n) is 18.4. The first kappa shape index (κ1) is 21.8. The minimum absolute atomic E-state index is 0.236. The molecule has 0 atom stereocenters. The maximum atomic E-state index is 11.9. The number of piperidine rings is 1. The monoisotopic (exact) mass is 473 g/mol. The SMILES string of the molecule is NC(=O)c1sc2nc(N3CCC(=O)CC3)nc(-c3ccc(OCc4ccccc4)cc3)c2c1N. The van der Waals surface area contributed by atoms with Crippen molar-refractivity contribution in [2.75, 3.05) is 23.7 Å². The number of primary amides is 1. The highest BCUT2D eigenvalue weighted by Crippen LogP contribution is 2.39. The lowest BCUT2D eigenvalue weighted by Gasteiger charge is -2.26. The third-order valence-corrected chi connectivity index (χ3v) is 6.89. The van der Waals surface area contributed by atoms with Crippen molar-refractivity contribution in [3.63, 3.8) is 0 Å². The van der Waals surface area contributed by atoms with Gasteiger partial charge >= 0.3 is 0 Å². The van der Waals surface area contributed by atoms with Gasteiger partial charge in [-0.05, 0) is 29.8 Å². The molecule has 0 aliphatic carbocycles. The Morgan fingerprint density at radius 2 is 1.74 bits per heavy atom. The van der Waals surface area contributed by atoms with Crippen LogP contribution in [0.3, 0.4) is 0 Å². The summed E-state index contributed by atoms with van der Waals surface area (Å²) in [4.78, 5) is 35.9. The molecule has 4 N–H and O–H groups in total. The van der Waals surface area contributed by atoms with Gasteiger partial charge in [0.25, 0.3) is 5.91 Å². The number of nitrogens with two attached hydrogens (primary N) is 2. The molecule has 4 aromatic rings. The fourth-order valence-corrected chi connectivity index (χ4v) is 4.89. The van der Waals surface area contributed by atoms with Crippen LogP contribution >= 0.6 is 11.3 Å². The fourth-order valence-electron chi connectivity index (χ4n) is 3.95. The summed E-state index contributed by atoms with van der Waals surface area (Å²) in [5, 5.41) is 0.605. The molecule has 1 aliphatic rings. The summed E-state index contributed by atoms with van der Waals surface area (Å²) in [5.74, 6) is 0.877. The molecule has 5 rings (SSSR count). The molecular formula is C25H23N5O3S. The molecule has 1 amide bonds. The Morgan fingerprint density at radius 1 is 1.03 bits per heavy atom. The van der Waals surface area contributed by atoms with Gasteiger partial charge in [-0.15, -0.1) is 11.3 Å². The van der Waals surface area contributed by atoms with Crippen LogP contribution in [-0.2, 0) is 11.4 Å². The summed E-state index contributed by atoms with van der Waals surface area (Å²) in [6, 6.07) is 17.5. The van der Waals surface area contributed by atoms with Gasteiger partial charge in [-0.3, -0.25) is 9.59 Å². The number of hydrogen-bond acceptors (Lipinski definition) is 8. The third kappa shape index (κ3) is 4.29. The van der Waals surface area contributed by atoms with Crippen molar-refractivity contribution in [2.45, 2.75) is 19.4 Å². The molecule has 1 fully saturated rings. The number of ether oxygens (including phenoxy) is 1. The van der Waals surface area contributed by atoms with Gasteiger partial charge in [0.15, 0.2) is 0 Å². The number of carbonyl (C=O) groups excluding carboxylic acids is 2. The zero-order valence-corrected chi connectivity index (χ0v) is 19.2. The first-order valence-corrected chi connectivity index (χ1v) is 11.7. The van der Waals surface area contributed by atoms with Gasteiger partial charge in [-0.25, -0.2) is 9.97 Å². The summed E-state index contributed by atoms with van der Waals surface area (Å²) in [6.45, 7) is 1.58. The van der Waals surface area contributed by atoms with Crippen molar-refractivity contribution in [1.82, 2.24) is 9.97 Å². The predicted octanol–water partition coefficient (Wildman–Crippen LogP) is 3.79. The number of nitrogens with zero attached hydrogens (tertiary/aromatic N) is 3. The molecule has 0 radical (unpaired) electrons. The Labute approximate surface area is 200 Å². The van der Waals surface area contributed by atoms with Crippen molar-refractivity contribution in [1.29, 1.82) is 0 Å². The van der Waals surface area contributed by atoms with E-state index in [9.17, 15) is 9.59 Å². The average Bonchev–Trinajstić information content (AvgIpc) is 3.20. The number of Topliss-reactive ketones (excluding diaryl/α,β-unsaturated/α-hetero) is 1. The van der Waals surface area contributed by atoms with Crippen LogP contribution in [0.5, 0.6) is 5.75 Å². The first-order valence-electron chi connectivity index (χ1n) is 10.9. The summed E-state index contributed by atoms with van der Waals surface area (Å²) in [6.07, 6.45) is 0.923. The Kier molecular flexibility index (Phi) is 5.85. The molecule has 0 spiro atoms. The molecule has 1 saturated heterocycles. The van der Waals surface area contributed by atoms with Gasteiger partial charge in [-0.2, -0.15) is 0 Å². The molecule has 34 heavy (non-hydrogen) atoms. The highest BCUT2D eigenvalue weighted by molar-refractivity contribution is 7.21. The van der Waals surface area contributed by atoms with E-state index in [0.29, 0.717) is 54.4 Å². The second-order valence-electron chi connectivity index (χ2n) is 8.09. The number of ketones is 1. The quantitative estimate of drug-likeness (QED) is 0.436. The highest BCUT2D eigenvalue weighted by Gasteiger charge is 2.24. The standard InChI is InChI=1S/C25H23N5O3S/c26-20-19-21(16-6-8-18(9-7-16)33-14-15-4-2-1-3-5-15)28-25(30-12-10-17(31)11-13-30)29-24(19)34-22(20)23(27)32/h1-9H,10-14,26H2,(H2,27,32). The minimum Gasteiger partial charge on any atom is -0.489 e. The van der Waals surface area contributed by atoms with Gasteiger partial charge in [0.05, 0.1) is 16.8 Å². The van der Waals surface area contributed by atoms with E-state index in [2.05, 4.69) is 4.98 Å². The Balaban J connectivity index is 1.51. The van der Waals surface area contributed by atoms with Crippen molar-refractivity contribution < 1.29 is 14.3 Å². The van der Waals surface area contributed by atoms with Gasteiger partial charge in [-0.1, -0.05) is 30.3 Å². The summed E-state index contributed by atoms with van der Waals surface area (Å²) in [5.41, 5.74) is 14.7. The van der Waals surface area contributed by atoms with Crippen LogP contribution in [0.1, 0.15) is 28.1 Å². The number of amides is 1. The number of thiophene rings is 1. The van der Waals surface area contributed by atoms with Gasteiger partial charge in [0.1, 0.15) is 27.8 Å². The van der Waals surface area contributed by atoms with E-state index in [1.807, 2.05) is 59.5 Å². The number of benzene rings is 2. The molecular weight excluding hydrogens is 450 g/mol. The maximum Gasteiger partial charge on any atom is 0.260 e. The summed E-state index contributed by atoms with van der Waals surface area (Å²) >= 11 is 1.16. The average molecular weight is 474 g/mol. The predicted molar refractivity (Wildman–Crippen MR) is 133 cm³/mol. The fraction of sp³-hybridized carbons (Fsp3) is 0.200. The van der Waals surface area contributed by atoms with Crippen LogP contribution in [0.4, 0.5) is 11.6 Å². The number of fused-ring (bicyclic) bond motifs is 1. The molecule has 3 heterocycles. The number of nitrogen functional groups attached to an aromatic ring is 1. The number of anilines is 2. The molecule has 0 unspecified atom stereocenters. The lowest BCUT2D eigenvalue weighted by molar-refractivity contribution is -0.119. The van der Waals surface area contributed by atoms with E-state index in [1.165, 1.54) is 0 Å². The van der Waals surface area contributed by atoms with Gasteiger partial charge < -0.3 is 21.1 Å². The highest BCUT2D eigenvalue weighted by atomic mass is 32.1. The number of rotatable bonds is 6. The van der Waals surface area contributed by atoms with E-state index < -0.39 is 5.91 Å². The molecule has 0 bridgehead atoms. The van der Waals surface area contributed by atoms with E-state index >= 15 is 0 Å². The smallest absolute Gasteiger partial charge is 0.260 e. The van der Waals surface area contributed by atoms with E-state index in [0.717, 1.165) is 28.2 Å². The van der Waals surface area contributed by atoms with E-state index in [1.54, 1.807) is 0 Å². The largest absolute Gasteiger partial charge is 0.489 e. The second kappa shape index (κ2) is 9.11. The van der Waals surface area contributed by atoms with Gasteiger partial charge in [0.2, 0.25) is 5.95 Å². The Morgan fingerprint density at radius 3 is 2.41 bits per heavy atom. The normalized spacial score (nSPS) is 13.9. The van der Waals surface area contributed by atoms with Crippen molar-refractivity contribution in [3.8, 4) is 17.0 Å². The topological polar surface area (TPSA) is 124 Å². The van der Waals surface area contributed by atoms with Crippen molar-refractivity contribution in [3.05, 3.63) is 65.0 Å². The van der Waals surface area contributed by atoms with E-state index in [-0.39, 0.29) is 16.3 Å². The van der Waals surface area contributed by atoms with Crippen LogP contribution in [0.25, 0.3) is 21.5 Å². The zero-order chi connectivity index (χ0) is 23.7. The van der Waals surface area contributed by atoms with Crippen LogP contribution in [0, 0.1) is 0 Å². The molecule has 2 aromatic heterocycles. The maximum absolute atomic E-state index is 11.9. The molecule has 172 valence electrons.